The molecule has 1 aliphatic heterocycles. The van der Waals surface area contributed by atoms with Crippen molar-refractivity contribution in [1.82, 2.24) is 20.3 Å². The van der Waals surface area contributed by atoms with Gasteiger partial charge in [0.05, 0.1) is 5.39 Å². The second kappa shape index (κ2) is 4.51. The predicted octanol–water partition coefficient (Wildman–Crippen LogP) is -0.390. The summed E-state index contributed by atoms with van der Waals surface area (Å²) >= 11 is 0. The van der Waals surface area contributed by atoms with Crippen LogP contribution < -0.4 is 16.0 Å². The Labute approximate surface area is 110 Å². The Kier molecular flexibility index (Phi) is 2.83. The van der Waals surface area contributed by atoms with Crippen molar-refractivity contribution in [3.63, 3.8) is 0 Å². The number of carbonyl (C=O) groups is 1. The average molecular weight is 260 g/mol. The normalized spacial score (nSPS) is 22.9. The van der Waals surface area contributed by atoms with Crippen molar-refractivity contribution >= 4 is 22.8 Å². The summed E-state index contributed by atoms with van der Waals surface area (Å²) in [6.07, 6.45) is 3.95. The lowest BCUT2D eigenvalue weighted by Gasteiger charge is -2.24. The molecule has 1 fully saturated rings. The van der Waals surface area contributed by atoms with Gasteiger partial charge in [-0.2, -0.15) is 0 Å². The molecule has 0 saturated carbocycles. The first-order valence-corrected chi connectivity index (χ1v) is 6.22. The molecule has 7 nitrogen and oxygen atoms in total. The molecule has 2 aromatic rings. The number of hydrogen-bond donors (Lipinski definition) is 3. The van der Waals surface area contributed by atoms with Gasteiger partial charge in [-0.25, -0.2) is 9.97 Å². The van der Waals surface area contributed by atoms with E-state index >= 15 is 0 Å². The quantitative estimate of drug-likeness (QED) is 0.683. The van der Waals surface area contributed by atoms with E-state index in [-0.39, 0.29) is 18.0 Å². The standard InChI is InChI=1S/C12H16N6O/c1-14-12(19)9-4-7(13)5-18(9)11-8-2-3-15-10(8)16-6-17-11/h2-3,6-7,9H,4-5,13H2,1H3,(H,14,19)(H,15,16,17)/t7-,9+/m1/s1. The number of nitrogens with two attached hydrogens (primary N) is 1. The van der Waals surface area contributed by atoms with Gasteiger partial charge in [-0.1, -0.05) is 0 Å². The Morgan fingerprint density at radius 2 is 2.42 bits per heavy atom. The molecule has 4 N–H and O–H groups in total. The molecule has 2 aromatic heterocycles. The van der Waals surface area contributed by atoms with Crippen molar-refractivity contribution in [2.75, 3.05) is 18.5 Å². The summed E-state index contributed by atoms with van der Waals surface area (Å²) in [4.78, 5) is 25.4. The van der Waals surface area contributed by atoms with Gasteiger partial charge in [-0.3, -0.25) is 4.79 Å². The molecule has 7 heteroatoms. The van der Waals surface area contributed by atoms with E-state index in [4.69, 9.17) is 5.73 Å². The summed E-state index contributed by atoms with van der Waals surface area (Å²) in [5.41, 5.74) is 6.76. The van der Waals surface area contributed by atoms with E-state index in [1.54, 1.807) is 7.05 Å². The number of aromatic amines is 1. The number of anilines is 1. The lowest BCUT2D eigenvalue weighted by Crippen LogP contribution is -2.42. The largest absolute Gasteiger partial charge is 0.357 e. The van der Waals surface area contributed by atoms with Gasteiger partial charge in [0.25, 0.3) is 0 Å². The highest BCUT2D eigenvalue weighted by molar-refractivity contribution is 5.92. The molecule has 3 rings (SSSR count). The molecule has 3 heterocycles. The molecule has 2 atom stereocenters. The smallest absolute Gasteiger partial charge is 0.242 e. The lowest BCUT2D eigenvalue weighted by molar-refractivity contribution is -0.121. The summed E-state index contributed by atoms with van der Waals surface area (Å²) in [6.45, 7) is 0.620. The Morgan fingerprint density at radius 1 is 1.58 bits per heavy atom. The van der Waals surface area contributed by atoms with Gasteiger partial charge in [-0.05, 0) is 12.5 Å². The highest BCUT2D eigenvalue weighted by Crippen LogP contribution is 2.28. The minimum absolute atomic E-state index is 0.0220. The van der Waals surface area contributed by atoms with E-state index in [0.717, 1.165) is 16.9 Å². The maximum Gasteiger partial charge on any atom is 0.242 e. The van der Waals surface area contributed by atoms with Gasteiger partial charge in [0.15, 0.2) is 0 Å². The molecule has 0 aliphatic carbocycles. The molecule has 0 bridgehead atoms. The Bertz CT molecular complexity index is 609. The fraction of sp³-hybridized carbons (Fsp3) is 0.417. The maximum atomic E-state index is 12.0. The SMILES string of the molecule is CNC(=O)[C@@H]1C[C@@H](N)CN1c1ncnc2[nH]ccc12. The van der Waals surface area contributed by atoms with Crippen molar-refractivity contribution < 1.29 is 4.79 Å². The number of carbonyl (C=O) groups excluding carboxylic acids is 1. The monoisotopic (exact) mass is 260 g/mol. The Hall–Kier alpha value is -2.15. The molecule has 0 aromatic carbocycles. The number of likely N-dealkylation sites (N-methyl/N-ethyl adjacent to an activating group) is 1. The second-order valence-electron chi connectivity index (χ2n) is 4.72. The van der Waals surface area contributed by atoms with Gasteiger partial charge in [0.1, 0.15) is 23.8 Å². The zero-order chi connectivity index (χ0) is 13.4. The maximum absolute atomic E-state index is 12.0. The van der Waals surface area contributed by atoms with E-state index in [1.165, 1.54) is 6.33 Å². The third-order valence-electron chi connectivity index (χ3n) is 3.49. The van der Waals surface area contributed by atoms with Crippen molar-refractivity contribution in [2.45, 2.75) is 18.5 Å². The van der Waals surface area contributed by atoms with E-state index in [9.17, 15) is 4.79 Å². The Balaban J connectivity index is 2.04. The predicted molar refractivity (Wildman–Crippen MR) is 71.7 cm³/mol. The van der Waals surface area contributed by atoms with Crippen LogP contribution in [0.25, 0.3) is 11.0 Å². The van der Waals surface area contributed by atoms with E-state index in [1.807, 2.05) is 17.2 Å². The zero-order valence-electron chi connectivity index (χ0n) is 10.6. The minimum Gasteiger partial charge on any atom is -0.357 e. The van der Waals surface area contributed by atoms with Crippen molar-refractivity contribution in [3.8, 4) is 0 Å². The van der Waals surface area contributed by atoms with Gasteiger partial charge in [0.2, 0.25) is 5.91 Å². The van der Waals surface area contributed by atoms with Crippen LogP contribution in [0.5, 0.6) is 0 Å². The van der Waals surface area contributed by atoms with Gasteiger partial charge >= 0.3 is 0 Å². The first kappa shape index (κ1) is 11.9. The summed E-state index contributed by atoms with van der Waals surface area (Å²) in [5.74, 6) is 0.725. The van der Waals surface area contributed by atoms with Crippen LogP contribution in [0.15, 0.2) is 18.6 Å². The summed E-state index contributed by atoms with van der Waals surface area (Å²) in [6, 6.07) is 1.62. The van der Waals surface area contributed by atoms with Crippen LogP contribution in [0.4, 0.5) is 5.82 Å². The van der Waals surface area contributed by atoms with Crippen LogP contribution in [0.2, 0.25) is 0 Å². The number of rotatable bonds is 2. The average Bonchev–Trinajstić information content (AvgIpc) is 3.03. The molecule has 0 unspecified atom stereocenters. The molecule has 1 aliphatic rings. The van der Waals surface area contributed by atoms with Gasteiger partial charge < -0.3 is 20.9 Å². The van der Waals surface area contributed by atoms with Crippen LogP contribution in [-0.4, -0.2) is 46.5 Å². The molecular weight excluding hydrogens is 244 g/mol. The summed E-state index contributed by atoms with van der Waals surface area (Å²) in [7, 11) is 1.64. The molecule has 0 radical (unpaired) electrons. The van der Waals surface area contributed by atoms with Crippen molar-refractivity contribution in [1.29, 1.82) is 0 Å². The van der Waals surface area contributed by atoms with Crippen LogP contribution >= 0.6 is 0 Å². The number of nitrogens with one attached hydrogen (secondary N) is 2. The fourth-order valence-electron chi connectivity index (χ4n) is 2.61. The zero-order valence-corrected chi connectivity index (χ0v) is 10.6. The minimum atomic E-state index is -0.270. The summed E-state index contributed by atoms with van der Waals surface area (Å²) in [5, 5.41) is 3.59. The molecule has 0 spiro atoms. The van der Waals surface area contributed by atoms with E-state index < -0.39 is 0 Å². The highest BCUT2D eigenvalue weighted by atomic mass is 16.2. The molecule has 1 saturated heterocycles. The lowest BCUT2D eigenvalue weighted by atomic mass is 10.1. The third kappa shape index (κ3) is 1.91. The van der Waals surface area contributed by atoms with Crippen molar-refractivity contribution in [2.24, 2.45) is 5.73 Å². The fourth-order valence-corrected chi connectivity index (χ4v) is 2.61. The first-order valence-electron chi connectivity index (χ1n) is 6.22. The summed E-state index contributed by atoms with van der Waals surface area (Å²) < 4.78 is 0. The number of nitrogens with zero attached hydrogens (tertiary/aromatic N) is 3. The topological polar surface area (TPSA) is 99.9 Å². The highest BCUT2D eigenvalue weighted by Gasteiger charge is 2.36. The third-order valence-corrected chi connectivity index (χ3v) is 3.49. The molecular formula is C12H16N6O. The van der Waals surface area contributed by atoms with Crippen molar-refractivity contribution in [3.05, 3.63) is 18.6 Å². The van der Waals surface area contributed by atoms with Gasteiger partial charge in [-0.15, -0.1) is 0 Å². The number of H-pyrrole nitrogens is 1. The molecule has 19 heavy (non-hydrogen) atoms. The first-order chi connectivity index (χ1) is 9.20. The van der Waals surface area contributed by atoms with Crippen LogP contribution in [0, 0.1) is 0 Å². The van der Waals surface area contributed by atoms with Crippen LogP contribution in [0.3, 0.4) is 0 Å². The molecule has 1 amide bonds. The van der Waals surface area contributed by atoms with Crippen LogP contribution in [0.1, 0.15) is 6.42 Å². The van der Waals surface area contributed by atoms with E-state index in [0.29, 0.717) is 13.0 Å². The Morgan fingerprint density at radius 3 is 3.21 bits per heavy atom. The number of aromatic nitrogens is 3. The number of hydrogen-bond acceptors (Lipinski definition) is 5. The second-order valence-corrected chi connectivity index (χ2v) is 4.72. The number of amides is 1. The van der Waals surface area contributed by atoms with E-state index in [2.05, 4.69) is 20.3 Å². The molecule has 100 valence electrons. The number of fused-ring (bicyclic) bond motifs is 1. The van der Waals surface area contributed by atoms with Crippen LogP contribution in [-0.2, 0) is 4.79 Å². The van der Waals surface area contributed by atoms with Gasteiger partial charge in [0, 0.05) is 25.8 Å².